The quantitative estimate of drug-likeness (QED) is 0.535. The first kappa shape index (κ1) is 14.8. The molecule has 0 aliphatic heterocycles. The van der Waals surface area contributed by atoms with Crippen LogP contribution in [0.15, 0.2) is 34.1 Å². The fourth-order valence-corrected chi connectivity index (χ4v) is 3.25. The second-order valence-corrected chi connectivity index (χ2v) is 5.65. The Morgan fingerprint density at radius 1 is 1.40 bits per heavy atom. The number of carbonyl (C=O) groups is 1. The average Bonchev–Trinajstić information content (AvgIpc) is 2.36. The number of rotatable bonds is 4. The highest BCUT2D eigenvalue weighted by atomic mass is 35.5. The van der Waals surface area contributed by atoms with Crippen LogP contribution in [0.2, 0.25) is 5.02 Å². The standard InChI is InChI=1S/C14H13ClN2O2S/c1-8-12(9(2)18)13(17-14(19)16-8)20-7-10-5-3-4-6-11(10)15/h3-6H,7H2,1-2H3,(H,16,17,19). The van der Waals surface area contributed by atoms with Gasteiger partial charge in [-0.05, 0) is 25.5 Å². The molecular weight excluding hydrogens is 296 g/mol. The maximum absolute atomic E-state index is 11.7. The molecule has 1 aromatic heterocycles. The third-order valence-electron chi connectivity index (χ3n) is 2.76. The average molecular weight is 309 g/mol. The summed E-state index contributed by atoms with van der Waals surface area (Å²) in [5, 5.41) is 1.10. The molecule has 0 fully saturated rings. The summed E-state index contributed by atoms with van der Waals surface area (Å²) in [5.74, 6) is 0.434. The van der Waals surface area contributed by atoms with Gasteiger partial charge in [0.1, 0.15) is 5.03 Å². The van der Waals surface area contributed by atoms with Crippen LogP contribution >= 0.6 is 23.4 Å². The second-order valence-electron chi connectivity index (χ2n) is 4.28. The lowest BCUT2D eigenvalue weighted by Crippen LogP contribution is -2.17. The molecule has 0 aliphatic carbocycles. The first-order chi connectivity index (χ1) is 9.49. The third kappa shape index (κ3) is 3.29. The number of halogens is 1. The summed E-state index contributed by atoms with van der Waals surface area (Å²) in [5.41, 5.74) is 1.49. The Labute approximate surface area is 125 Å². The number of aryl methyl sites for hydroxylation is 1. The van der Waals surface area contributed by atoms with E-state index in [1.54, 1.807) is 13.0 Å². The maximum Gasteiger partial charge on any atom is 0.346 e. The molecule has 0 unspecified atom stereocenters. The van der Waals surface area contributed by atoms with E-state index in [0.717, 1.165) is 5.56 Å². The first-order valence-corrected chi connectivity index (χ1v) is 7.33. The van der Waals surface area contributed by atoms with Gasteiger partial charge in [0.15, 0.2) is 5.78 Å². The number of Topliss-reactive ketones (excluding diaryl/α,β-unsaturated/α-hetero) is 1. The van der Waals surface area contributed by atoms with Crippen molar-refractivity contribution < 1.29 is 4.79 Å². The van der Waals surface area contributed by atoms with Crippen molar-refractivity contribution in [1.29, 1.82) is 0 Å². The van der Waals surface area contributed by atoms with Crippen molar-refractivity contribution >= 4 is 29.1 Å². The number of nitrogens with one attached hydrogen (secondary N) is 1. The van der Waals surface area contributed by atoms with Gasteiger partial charge in [0.2, 0.25) is 0 Å². The van der Waals surface area contributed by atoms with Crippen LogP contribution in [-0.2, 0) is 5.75 Å². The van der Waals surface area contributed by atoms with E-state index in [4.69, 9.17) is 11.6 Å². The molecule has 0 atom stereocenters. The van der Waals surface area contributed by atoms with Crippen LogP contribution < -0.4 is 5.69 Å². The number of benzene rings is 1. The van der Waals surface area contributed by atoms with Gasteiger partial charge in [-0.3, -0.25) is 4.79 Å². The molecule has 2 aromatic rings. The van der Waals surface area contributed by atoms with Gasteiger partial charge in [-0.2, -0.15) is 4.98 Å². The molecule has 0 spiro atoms. The Kier molecular flexibility index (Phi) is 4.62. The molecule has 0 bridgehead atoms. The number of carbonyl (C=O) groups excluding carboxylic acids is 1. The van der Waals surface area contributed by atoms with Gasteiger partial charge in [-0.1, -0.05) is 29.8 Å². The van der Waals surface area contributed by atoms with E-state index in [2.05, 4.69) is 9.97 Å². The van der Waals surface area contributed by atoms with Gasteiger partial charge in [0.25, 0.3) is 0 Å². The lowest BCUT2D eigenvalue weighted by molar-refractivity contribution is 0.101. The minimum atomic E-state index is -0.450. The molecule has 0 amide bonds. The first-order valence-electron chi connectivity index (χ1n) is 5.97. The number of H-pyrrole nitrogens is 1. The molecule has 20 heavy (non-hydrogen) atoms. The fraction of sp³-hybridized carbons (Fsp3) is 0.214. The monoisotopic (exact) mass is 308 g/mol. The van der Waals surface area contributed by atoms with Crippen LogP contribution in [0.4, 0.5) is 0 Å². The molecule has 0 saturated carbocycles. The molecule has 4 nitrogen and oxygen atoms in total. The van der Waals surface area contributed by atoms with Crippen molar-refractivity contribution in [3.63, 3.8) is 0 Å². The lowest BCUT2D eigenvalue weighted by atomic mass is 10.2. The summed E-state index contributed by atoms with van der Waals surface area (Å²) < 4.78 is 0. The Morgan fingerprint density at radius 2 is 2.10 bits per heavy atom. The Balaban J connectivity index is 2.32. The molecule has 6 heteroatoms. The highest BCUT2D eigenvalue weighted by molar-refractivity contribution is 7.98. The van der Waals surface area contributed by atoms with Crippen LogP contribution in [-0.4, -0.2) is 15.8 Å². The molecule has 0 saturated heterocycles. The largest absolute Gasteiger partial charge is 0.346 e. The SMILES string of the molecule is CC(=O)c1c(SCc2ccccc2Cl)nc(=O)[nH]c1C. The Hall–Kier alpha value is -1.59. The van der Waals surface area contributed by atoms with Gasteiger partial charge in [-0.15, -0.1) is 11.8 Å². The van der Waals surface area contributed by atoms with Gasteiger partial charge in [0.05, 0.1) is 5.56 Å². The predicted molar refractivity (Wildman–Crippen MR) is 80.6 cm³/mol. The normalized spacial score (nSPS) is 10.6. The van der Waals surface area contributed by atoms with Crippen molar-refractivity contribution in [2.45, 2.75) is 24.6 Å². The lowest BCUT2D eigenvalue weighted by Gasteiger charge is -2.08. The van der Waals surface area contributed by atoms with Crippen molar-refractivity contribution in [3.8, 4) is 0 Å². The summed E-state index contributed by atoms with van der Waals surface area (Å²) in [6.45, 7) is 3.15. The number of thioether (sulfide) groups is 1. The van der Waals surface area contributed by atoms with Crippen molar-refractivity contribution in [2.24, 2.45) is 0 Å². The molecule has 0 radical (unpaired) electrons. The summed E-state index contributed by atoms with van der Waals surface area (Å²) in [4.78, 5) is 29.6. The van der Waals surface area contributed by atoms with Crippen molar-refractivity contribution in [1.82, 2.24) is 9.97 Å². The highest BCUT2D eigenvalue weighted by Gasteiger charge is 2.14. The molecule has 0 aliphatic rings. The molecule has 1 heterocycles. The zero-order chi connectivity index (χ0) is 14.7. The van der Waals surface area contributed by atoms with Crippen LogP contribution in [0.1, 0.15) is 28.5 Å². The number of hydrogen-bond donors (Lipinski definition) is 1. The van der Waals surface area contributed by atoms with Crippen molar-refractivity contribution in [3.05, 3.63) is 56.6 Å². The number of ketones is 1. The van der Waals surface area contributed by atoms with Crippen LogP contribution in [0, 0.1) is 6.92 Å². The molecular formula is C14H13ClN2O2S. The predicted octanol–water partition coefficient (Wildman–Crippen LogP) is 3.23. The van der Waals surface area contributed by atoms with Gasteiger partial charge >= 0.3 is 5.69 Å². The molecule has 2 rings (SSSR count). The minimum Gasteiger partial charge on any atom is -0.309 e. The van der Waals surface area contributed by atoms with E-state index in [1.165, 1.54) is 18.7 Å². The van der Waals surface area contributed by atoms with Crippen LogP contribution in [0.3, 0.4) is 0 Å². The van der Waals surface area contributed by atoms with E-state index in [-0.39, 0.29) is 5.78 Å². The summed E-state index contributed by atoms with van der Waals surface area (Å²) in [6, 6.07) is 7.46. The summed E-state index contributed by atoms with van der Waals surface area (Å²) >= 11 is 7.42. The smallest absolute Gasteiger partial charge is 0.309 e. The van der Waals surface area contributed by atoms with E-state index >= 15 is 0 Å². The number of aromatic nitrogens is 2. The van der Waals surface area contributed by atoms with Gasteiger partial charge < -0.3 is 4.98 Å². The summed E-state index contributed by atoms with van der Waals surface area (Å²) in [7, 11) is 0. The molecule has 1 N–H and O–H groups in total. The topological polar surface area (TPSA) is 62.8 Å². The van der Waals surface area contributed by atoms with E-state index in [1.807, 2.05) is 18.2 Å². The number of aromatic amines is 1. The fourth-order valence-electron chi connectivity index (χ4n) is 1.84. The zero-order valence-electron chi connectivity index (χ0n) is 11.1. The minimum absolute atomic E-state index is 0.118. The Morgan fingerprint density at radius 3 is 2.75 bits per heavy atom. The number of hydrogen-bond acceptors (Lipinski definition) is 4. The second kappa shape index (κ2) is 6.24. The highest BCUT2D eigenvalue weighted by Crippen LogP contribution is 2.27. The zero-order valence-corrected chi connectivity index (χ0v) is 12.6. The molecule has 1 aromatic carbocycles. The van der Waals surface area contributed by atoms with E-state index < -0.39 is 5.69 Å². The Bertz CT molecular complexity index is 713. The molecule has 104 valence electrons. The van der Waals surface area contributed by atoms with E-state index in [0.29, 0.717) is 27.1 Å². The third-order valence-corrected chi connectivity index (χ3v) is 4.15. The van der Waals surface area contributed by atoms with E-state index in [9.17, 15) is 9.59 Å². The van der Waals surface area contributed by atoms with Crippen molar-refractivity contribution in [2.75, 3.05) is 0 Å². The van der Waals surface area contributed by atoms with Crippen LogP contribution in [0.5, 0.6) is 0 Å². The van der Waals surface area contributed by atoms with Gasteiger partial charge in [0, 0.05) is 16.5 Å². The van der Waals surface area contributed by atoms with Gasteiger partial charge in [-0.25, -0.2) is 4.79 Å². The summed E-state index contributed by atoms with van der Waals surface area (Å²) in [6.07, 6.45) is 0. The maximum atomic E-state index is 11.7. The number of nitrogens with zero attached hydrogens (tertiary/aromatic N) is 1. The van der Waals surface area contributed by atoms with Crippen LogP contribution in [0.25, 0.3) is 0 Å².